The van der Waals surface area contributed by atoms with Crippen LogP contribution in [0.4, 0.5) is 5.82 Å². The fourth-order valence-electron chi connectivity index (χ4n) is 2.01. The van der Waals surface area contributed by atoms with E-state index in [4.69, 9.17) is 5.73 Å². The van der Waals surface area contributed by atoms with Gasteiger partial charge in [0.1, 0.15) is 5.82 Å². The minimum Gasteiger partial charge on any atom is -0.383 e. The minimum absolute atomic E-state index is 0.547. The number of nitrogens with two attached hydrogens (primary N) is 1. The summed E-state index contributed by atoms with van der Waals surface area (Å²) in [5.41, 5.74) is 8.94. The molecule has 0 spiro atoms. The van der Waals surface area contributed by atoms with Gasteiger partial charge in [0.25, 0.3) is 0 Å². The number of rotatable bonds is 3. The van der Waals surface area contributed by atoms with Gasteiger partial charge in [-0.25, -0.2) is 9.97 Å². The third-order valence-corrected chi connectivity index (χ3v) is 5.02. The van der Waals surface area contributed by atoms with Crippen molar-refractivity contribution in [2.45, 2.75) is 19.8 Å². The van der Waals surface area contributed by atoms with Crippen LogP contribution in [0.25, 0.3) is 21.6 Å². The lowest BCUT2D eigenvalue weighted by atomic mass is 10.2. The molecule has 2 N–H and O–H groups in total. The third-order valence-electron chi connectivity index (χ3n) is 2.99. The molecule has 0 bridgehead atoms. The number of hydrogen-bond donors (Lipinski definition) is 1. The Morgan fingerprint density at radius 3 is 3.00 bits per heavy atom. The van der Waals surface area contributed by atoms with Gasteiger partial charge in [0.05, 0.1) is 19.5 Å². The predicted octanol–water partition coefficient (Wildman–Crippen LogP) is 3.89. The molecule has 3 heterocycles. The number of pyridine rings is 1. The van der Waals surface area contributed by atoms with Gasteiger partial charge in [-0.15, -0.1) is 11.3 Å². The molecular formula is C14H13IN4S. The van der Waals surface area contributed by atoms with Crippen molar-refractivity contribution < 1.29 is 0 Å². The largest absolute Gasteiger partial charge is 0.383 e. The summed E-state index contributed by atoms with van der Waals surface area (Å²) < 4.78 is 2.10. The fourth-order valence-corrected chi connectivity index (χ4v) is 3.30. The van der Waals surface area contributed by atoms with Crippen LogP contribution in [0.2, 0.25) is 0 Å². The van der Waals surface area contributed by atoms with Gasteiger partial charge in [0.15, 0.2) is 5.82 Å². The lowest BCUT2D eigenvalue weighted by Gasteiger charge is -2.08. The molecule has 0 unspecified atom stereocenters. The van der Waals surface area contributed by atoms with Gasteiger partial charge in [0.2, 0.25) is 0 Å². The van der Waals surface area contributed by atoms with Crippen LogP contribution in [0.3, 0.4) is 0 Å². The number of hydrogen-bond acceptors (Lipinski definition) is 5. The van der Waals surface area contributed by atoms with Crippen LogP contribution < -0.4 is 5.73 Å². The van der Waals surface area contributed by atoms with E-state index in [-0.39, 0.29) is 0 Å². The van der Waals surface area contributed by atoms with Crippen molar-refractivity contribution in [2.24, 2.45) is 0 Å². The summed E-state index contributed by atoms with van der Waals surface area (Å²) in [4.78, 5) is 13.5. The molecular weight excluding hydrogens is 383 g/mol. The van der Waals surface area contributed by atoms with Crippen molar-refractivity contribution in [3.63, 3.8) is 0 Å². The Kier molecular flexibility index (Phi) is 3.84. The molecule has 0 radical (unpaired) electrons. The lowest BCUT2D eigenvalue weighted by Crippen LogP contribution is -2.05. The number of nitrogen functional groups attached to an aromatic ring is 1. The summed E-state index contributed by atoms with van der Waals surface area (Å²) in [6.07, 6.45) is 3.76. The van der Waals surface area contributed by atoms with Gasteiger partial charge >= 0.3 is 0 Å². The zero-order valence-corrected chi connectivity index (χ0v) is 13.9. The first-order chi connectivity index (χ1) is 9.69. The van der Waals surface area contributed by atoms with Crippen molar-refractivity contribution in [1.82, 2.24) is 15.0 Å². The van der Waals surface area contributed by atoms with Crippen LogP contribution in [0.15, 0.2) is 23.7 Å². The summed E-state index contributed by atoms with van der Waals surface area (Å²) in [7, 11) is 0. The highest BCUT2D eigenvalue weighted by molar-refractivity contribution is 14.1. The van der Waals surface area contributed by atoms with E-state index >= 15 is 0 Å². The van der Waals surface area contributed by atoms with Crippen molar-refractivity contribution in [1.29, 1.82) is 0 Å². The monoisotopic (exact) mass is 396 g/mol. The lowest BCUT2D eigenvalue weighted by molar-refractivity contribution is 0.869. The summed E-state index contributed by atoms with van der Waals surface area (Å²) in [5, 5.41) is 2.03. The Balaban J connectivity index is 2.12. The molecule has 0 amide bonds. The first kappa shape index (κ1) is 13.7. The van der Waals surface area contributed by atoms with E-state index in [0.29, 0.717) is 11.6 Å². The molecule has 4 nitrogen and oxygen atoms in total. The Labute approximate surface area is 134 Å². The fraction of sp³-hybridized carbons (Fsp3) is 0.214. The number of aryl methyl sites for hydroxylation is 1. The second kappa shape index (κ2) is 5.61. The second-order valence-corrected chi connectivity index (χ2v) is 6.50. The quantitative estimate of drug-likeness (QED) is 0.683. The van der Waals surface area contributed by atoms with E-state index in [9.17, 15) is 0 Å². The SMILES string of the molecule is CCCc1nc(-c2cnc3ccsc3c2)nc(N)c1I. The van der Waals surface area contributed by atoms with Crippen molar-refractivity contribution in [2.75, 3.05) is 5.73 Å². The maximum absolute atomic E-state index is 6.01. The Hall–Kier alpha value is -1.28. The van der Waals surface area contributed by atoms with Gasteiger partial charge < -0.3 is 5.73 Å². The summed E-state index contributed by atoms with van der Waals surface area (Å²) in [6, 6.07) is 4.08. The summed E-state index contributed by atoms with van der Waals surface area (Å²) in [5.74, 6) is 1.21. The van der Waals surface area contributed by atoms with E-state index < -0.39 is 0 Å². The van der Waals surface area contributed by atoms with Gasteiger partial charge in [-0.3, -0.25) is 4.98 Å². The number of halogens is 1. The molecule has 0 aliphatic heterocycles. The molecule has 0 saturated carbocycles. The minimum atomic E-state index is 0.547. The first-order valence-electron chi connectivity index (χ1n) is 6.34. The average molecular weight is 396 g/mol. The average Bonchev–Trinajstić information content (AvgIpc) is 2.91. The molecule has 0 aliphatic rings. The van der Waals surface area contributed by atoms with Crippen molar-refractivity contribution in [3.8, 4) is 11.4 Å². The van der Waals surface area contributed by atoms with Crippen LogP contribution >= 0.6 is 33.9 Å². The van der Waals surface area contributed by atoms with Crippen LogP contribution in [0, 0.1) is 3.57 Å². The van der Waals surface area contributed by atoms with Crippen LogP contribution in [0.5, 0.6) is 0 Å². The Morgan fingerprint density at radius 2 is 2.20 bits per heavy atom. The third kappa shape index (κ3) is 2.49. The Morgan fingerprint density at radius 1 is 1.35 bits per heavy atom. The highest BCUT2D eigenvalue weighted by Crippen LogP contribution is 2.26. The molecule has 3 aromatic rings. The highest BCUT2D eigenvalue weighted by Gasteiger charge is 2.12. The number of thiophene rings is 1. The Bertz CT molecular complexity index is 769. The summed E-state index contributed by atoms with van der Waals surface area (Å²) in [6.45, 7) is 2.13. The van der Waals surface area contributed by atoms with Gasteiger partial charge in [0, 0.05) is 11.8 Å². The molecule has 0 atom stereocenters. The zero-order valence-electron chi connectivity index (χ0n) is 10.9. The van der Waals surface area contributed by atoms with Crippen LogP contribution in [-0.2, 0) is 6.42 Å². The van der Waals surface area contributed by atoms with Crippen LogP contribution in [0.1, 0.15) is 19.0 Å². The maximum atomic E-state index is 6.01. The topological polar surface area (TPSA) is 64.7 Å². The molecule has 20 heavy (non-hydrogen) atoms. The van der Waals surface area contributed by atoms with Crippen molar-refractivity contribution in [3.05, 3.63) is 33.0 Å². The molecule has 0 aliphatic carbocycles. The summed E-state index contributed by atoms with van der Waals surface area (Å²) >= 11 is 3.88. The standard InChI is InChI=1S/C14H13IN4S/c1-2-3-10-12(15)13(16)19-14(18-10)8-6-11-9(17-7-8)4-5-20-11/h4-7H,2-3H2,1H3,(H2,16,18,19). The number of anilines is 1. The van der Waals surface area contributed by atoms with Gasteiger partial charge in [-0.2, -0.15) is 0 Å². The van der Waals surface area contributed by atoms with E-state index in [2.05, 4.69) is 50.5 Å². The van der Waals surface area contributed by atoms with Crippen LogP contribution in [-0.4, -0.2) is 15.0 Å². The maximum Gasteiger partial charge on any atom is 0.163 e. The molecule has 102 valence electrons. The van der Waals surface area contributed by atoms with Gasteiger partial charge in [-0.05, 0) is 46.5 Å². The molecule has 3 aromatic heterocycles. The number of nitrogens with zero attached hydrogens (tertiary/aromatic N) is 3. The highest BCUT2D eigenvalue weighted by atomic mass is 127. The zero-order chi connectivity index (χ0) is 14.1. The molecule has 0 aromatic carbocycles. The number of fused-ring (bicyclic) bond motifs is 1. The normalized spacial score (nSPS) is 11.1. The molecule has 0 fully saturated rings. The molecule has 3 rings (SSSR count). The van der Waals surface area contributed by atoms with Crippen molar-refractivity contribution >= 4 is 50.0 Å². The smallest absolute Gasteiger partial charge is 0.163 e. The second-order valence-electron chi connectivity index (χ2n) is 4.47. The predicted molar refractivity (Wildman–Crippen MR) is 91.8 cm³/mol. The number of aromatic nitrogens is 3. The van der Waals surface area contributed by atoms with E-state index in [0.717, 1.165) is 37.9 Å². The van der Waals surface area contributed by atoms with Gasteiger partial charge in [-0.1, -0.05) is 13.3 Å². The van der Waals surface area contributed by atoms with E-state index in [1.807, 2.05) is 17.6 Å². The molecule has 0 saturated heterocycles. The molecule has 6 heteroatoms. The van der Waals surface area contributed by atoms with E-state index in [1.54, 1.807) is 11.3 Å². The first-order valence-corrected chi connectivity index (χ1v) is 8.30. The van der Waals surface area contributed by atoms with E-state index in [1.165, 1.54) is 0 Å².